The van der Waals surface area contributed by atoms with Crippen molar-refractivity contribution < 1.29 is 14.4 Å². The number of amides is 4. The second-order valence-corrected chi connectivity index (χ2v) is 13.6. The number of benzene rings is 4. The highest BCUT2D eigenvalue weighted by Crippen LogP contribution is 2.37. The molecule has 0 radical (unpaired) electrons. The van der Waals surface area contributed by atoms with E-state index in [4.69, 9.17) is 9.97 Å². The summed E-state index contributed by atoms with van der Waals surface area (Å²) in [6, 6.07) is 45.7. The van der Waals surface area contributed by atoms with Crippen LogP contribution in [0.5, 0.6) is 0 Å². The summed E-state index contributed by atoms with van der Waals surface area (Å²) in [5, 5.41) is 0. The van der Waals surface area contributed by atoms with E-state index in [9.17, 15) is 14.4 Å². The highest BCUT2D eigenvalue weighted by Gasteiger charge is 2.34. The van der Waals surface area contributed by atoms with Crippen LogP contribution >= 0.6 is 0 Å². The zero-order chi connectivity index (χ0) is 38.3. The van der Waals surface area contributed by atoms with Crippen LogP contribution in [0.15, 0.2) is 146 Å². The molecule has 7 aromatic rings. The van der Waals surface area contributed by atoms with Gasteiger partial charge in [-0.25, -0.2) is 14.8 Å². The van der Waals surface area contributed by atoms with Crippen LogP contribution in [-0.4, -0.2) is 61.7 Å². The van der Waals surface area contributed by atoms with Gasteiger partial charge < -0.3 is 9.97 Å². The smallest absolute Gasteiger partial charge is 0.333 e. The molecule has 56 heavy (non-hydrogen) atoms. The normalized spacial score (nSPS) is 13.1. The van der Waals surface area contributed by atoms with Gasteiger partial charge in [0, 0.05) is 58.4 Å². The van der Waals surface area contributed by atoms with Crippen LogP contribution in [-0.2, 0) is 0 Å². The van der Waals surface area contributed by atoms with Crippen LogP contribution < -0.4 is 0 Å². The van der Waals surface area contributed by atoms with E-state index in [1.807, 2.05) is 158 Å². The van der Waals surface area contributed by atoms with Crippen LogP contribution in [0, 0.1) is 0 Å². The molecule has 0 atom stereocenters. The number of rotatable bonds is 4. The first-order valence-corrected chi connectivity index (χ1v) is 18.2. The van der Waals surface area contributed by atoms with E-state index in [1.165, 1.54) is 14.1 Å². The molecule has 4 amide bonds. The third kappa shape index (κ3) is 5.88. The lowest BCUT2D eigenvalue weighted by Gasteiger charge is -2.25. The quantitative estimate of drug-likeness (QED) is 0.187. The van der Waals surface area contributed by atoms with Gasteiger partial charge in [-0.1, -0.05) is 121 Å². The Bertz CT molecular complexity index is 2690. The van der Waals surface area contributed by atoms with Crippen molar-refractivity contribution in [2.24, 2.45) is 0 Å². The highest BCUT2D eigenvalue weighted by atomic mass is 16.2. The van der Waals surface area contributed by atoms with E-state index in [-0.39, 0.29) is 11.4 Å². The minimum absolute atomic E-state index is 0.0734. The molecule has 8 bridgehead atoms. The number of carbonyl (C=O) groups excluding carboxylic acids is 3. The fraction of sp³-hybridized carbons (Fsp3) is 0.0426. The van der Waals surface area contributed by atoms with Crippen molar-refractivity contribution in [3.8, 4) is 44.5 Å². The summed E-state index contributed by atoms with van der Waals surface area (Å²) in [5.41, 5.74) is 9.72. The minimum Gasteiger partial charge on any atom is -0.354 e. The van der Waals surface area contributed by atoms with Crippen LogP contribution in [0.2, 0.25) is 0 Å². The summed E-state index contributed by atoms with van der Waals surface area (Å²) in [6.45, 7) is 0. The Kier molecular flexibility index (Phi) is 8.51. The Labute approximate surface area is 322 Å². The summed E-state index contributed by atoms with van der Waals surface area (Å²) < 4.78 is 0. The van der Waals surface area contributed by atoms with E-state index >= 15 is 0 Å². The fourth-order valence-corrected chi connectivity index (χ4v) is 7.41. The number of aromatic nitrogens is 4. The van der Waals surface area contributed by atoms with Crippen LogP contribution in [0.4, 0.5) is 4.79 Å². The predicted molar refractivity (Wildman–Crippen MR) is 221 cm³/mol. The average molecular weight is 731 g/mol. The third-order valence-corrected chi connectivity index (χ3v) is 10.1. The molecule has 2 aliphatic rings. The van der Waals surface area contributed by atoms with E-state index < -0.39 is 17.8 Å². The lowest BCUT2D eigenvalue weighted by atomic mass is 10.0. The molecule has 0 spiro atoms. The molecule has 0 saturated heterocycles. The number of H-pyrrole nitrogens is 2. The molecule has 3 aromatic heterocycles. The summed E-state index contributed by atoms with van der Waals surface area (Å²) in [6.07, 6.45) is 4.04. The number of hydrogen-bond donors (Lipinski definition) is 2. The standard InChI is InChI=1S/C47H34N6O3/c1-52-45(54)43-41(31-19-11-5-12-20-31)37-27-25-35(49-37)39(29-15-7-3-8-16-29)33-23-24-34(48-33)40(30-17-9-4-10-18-30)36-26-28-38(50-36)42(32-21-13-6-14-22-32)44(51-43)46(55)53(2)47(52)56/h3-28,49-50H,1-2H3. The summed E-state index contributed by atoms with van der Waals surface area (Å²) in [7, 11) is 2.73. The maximum atomic E-state index is 14.7. The highest BCUT2D eigenvalue weighted by molar-refractivity contribution is 6.16. The number of nitrogens with zero attached hydrogens (tertiary/aromatic N) is 4. The Hall–Kier alpha value is -7.65. The first-order chi connectivity index (χ1) is 27.4. The van der Waals surface area contributed by atoms with Crippen LogP contribution in [0.25, 0.3) is 78.7 Å². The fourth-order valence-electron chi connectivity index (χ4n) is 7.41. The number of carbonyl (C=O) groups is 3. The number of aromatic amines is 2. The van der Waals surface area contributed by atoms with Gasteiger partial charge in [-0.3, -0.25) is 19.4 Å². The largest absolute Gasteiger partial charge is 0.354 e. The van der Waals surface area contributed by atoms with Crippen molar-refractivity contribution >= 4 is 52.1 Å². The van der Waals surface area contributed by atoms with Gasteiger partial charge in [0.25, 0.3) is 11.8 Å². The molecule has 9 nitrogen and oxygen atoms in total. The summed E-state index contributed by atoms with van der Waals surface area (Å²) in [5.74, 6) is -1.34. The molecule has 4 aromatic carbocycles. The zero-order valence-electron chi connectivity index (χ0n) is 30.5. The number of hydrogen-bond acceptors (Lipinski definition) is 5. The molecule has 0 fully saturated rings. The summed E-state index contributed by atoms with van der Waals surface area (Å²) in [4.78, 5) is 62.8. The minimum atomic E-state index is -0.782. The van der Waals surface area contributed by atoms with Gasteiger partial charge in [0.15, 0.2) is 0 Å². The lowest BCUT2D eigenvalue weighted by Crippen LogP contribution is -2.47. The maximum absolute atomic E-state index is 14.7. The van der Waals surface area contributed by atoms with E-state index in [0.717, 1.165) is 54.5 Å². The second kappa shape index (κ2) is 14.0. The van der Waals surface area contributed by atoms with E-state index in [0.29, 0.717) is 33.3 Å². The Balaban J connectivity index is 1.57. The molecule has 270 valence electrons. The lowest BCUT2D eigenvalue weighted by molar-refractivity contribution is 0.0719. The van der Waals surface area contributed by atoms with Crippen molar-refractivity contribution in [1.29, 1.82) is 0 Å². The van der Waals surface area contributed by atoms with Crippen molar-refractivity contribution in [2.45, 2.75) is 0 Å². The maximum Gasteiger partial charge on any atom is 0.333 e. The number of imide groups is 2. The Morgan fingerprint density at radius 1 is 0.393 bits per heavy atom. The molecule has 5 heterocycles. The van der Waals surface area contributed by atoms with Crippen LogP contribution in [0.3, 0.4) is 0 Å². The monoisotopic (exact) mass is 730 g/mol. The Morgan fingerprint density at radius 3 is 1.04 bits per heavy atom. The zero-order valence-corrected chi connectivity index (χ0v) is 30.5. The van der Waals surface area contributed by atoms with Gasteiger partial charge in [0.1, 0.15) is 11.4 Å². The molecule has 0 saturated carbocycles. The van der Waals surface area contributed by atoms with Gasteiger partial charge >= 0.3 is 6.03 Å². The van der Waals surface area contributed by atoms with E-state index in [2.05, 4.69) is 9.97 Å². The molecular formula is C47H34N6O3. The molecule has 0 aliphatic carbocycles. The third-order valence-electron chi connectivity index (χ3n) is 10.1. The van der Waals surface area contributed by atoms with Gasteiger partial charge in [-0.05, 0) is 58.7 Å². The van der Waals surface area contributed by atoms with Gasteiger partial charge in [0.05, 0.1) is 11.4 Å². The predicted octanol–water partition coefficient (Wildman–Crippen LogP) is 10.1. The van der Waals surface area contributed by atoms with Gasteiger partial charge in [0.2, 0.25) is 0 Å². The molecule has 9 rings (SSSR count). The molecule has 0 unspecified atom stereocenters. The van der Waals surface area contributed by atoms with E-state index in [1.54, 1.807) is 0 Å². The van der Waals surface area contributed by atoms with Crippen molar-refractivity contribution in [3.05, 3.63) is 168 Å². The van der Waals surface area contributed by atoms with Crippen molar-refractivity contribution in [2.75, 3.05) is 14.1 Å². The second-order valence-electron chi connectivity index (χ2n) is 13.6. The van der Waals surface area contributed by atoms with Gasteiger partial charge in [-0.2, -0.15) is 0 Å². The number of nitrogens with one attached hydrogen (secondary N) is 2. The van der Waals surface area contributed by atoms with Crippen molar-refractivity contribution in [1.82, 2.24) is 29.7 Å². The number of fused-ring (bicyclic) bond motifs is 8. The van der Waals surface area contributed by atoms with Crippen molar-refractivity contribution in [3.63, 3.8) is 0 Å². The molecule has 9 heteroatoms. The van der Waals surface area contributed by atoms with Crippen LogP contribution in [0.1, 0.15) is 32.4 Å². The SMILES string of the molecule is CN1C(=O)c2nc(c(-c3ccccc3)c3ccc([nH]3)c(-c3ccccc3)c3nc(c(-c4ccccc4)c4ccc([nH]4)c2-c2ccccc2)C=C3)C(=O)N(C)C1=O. The first kappa shape index (κ1) is 34.1. The molecular weight excluding hydrogens is 697 g/mol. The molecule has 2 N–H and O–H groups in total. The summed E-state index contributed by atoms with van der Waals surface area (Å²) >= 11 is 0. The first-order valence-electron chi connectivity index (χ1n) is 18.2. The topological polar surface area (TPSA) is 115 Å². The number of urea groups is 1. The molecule has 2 aliphatic heterocycles. The van der Waals surface area contributed by atoms with Gasteiger partial charge in [-0.15, -0.1) is 0 Å². The average Bonchev–Trinajstić information content (AvgIpc) is 4.04. The Morgan fingerprint density at radius 2 is 0.696 bits per heavy atom.